The first-order chi connectivity index (χ1) is 9.42. The first-order valence-electron chi connectivity index (χ1n) is 6.71. The van der Waals surface area contributed by atoms with E-state index in [1.165, 1.54) is 0 Å². The van der Waals surface area contributed by atoms with Crippen molar-refractivity contribution in [2.24, 2.45) is 5.73 Å². The van der Waals surface area contributed by atoms with Crippen molar-refractivity contribution in [1.82, 2.24) is 0 Å². The number of alkyl halides is 1. The summed E-state index contributed by atoms with van der Waals surface area (Å²) >= 11 is 6.14. The molecule has 3 nitrogen and oxygen atoms in total. The SMILES string of the molecule is CCCC(F)OC(=O)CC(C)(CN)c1ccccc1Cl. The van der Waals surface area contributed by atoms with Crippen LogP contribution < -0.4 is 5.73 Å². The average molecular weight is 302 g/mol. The van der Waals surface area contributed by atoms with Gasteiger partial charge in [-0.05, 0) is 18.1 Å². The fraction of sp³-hybridized carbons (Fsp3) is 0.533. The Morgan fingerprint density at radius 2 is 2.15 bits per heavy atom. The molecule has 2 unspecified atom stereocenters. The minimum atomic E-state index is -1.55. The lowest BCUT2D eigenvalue weighted by Gasteiger charge is -2.28. The third kappa shape index (κ3) is 4.46. The summed E-state index contributed by atoms with van der Waals surface area (Å²) in [7, 11) is 0. The lowest BCUT2D eigenvalue weighted by molar-refractivity contribution is -0.159. The Morgan fingerprint density at radius 1 is 1.50 bits per heavy atom. The van der Waals surface area contributed by atoms with Crippen LogP contribution >= 0.6 is 11.6 Å². The largest absolute Gasteiger partial charge is 0.431 e. The van der Waals surface area contributed by atoms with Crippen LogP contribution in [0.3, 0.4) is 0 Å². The van der Waals surface area contributed by atoms with Gasteiger partial charge in [-0.15, -0.1) is 0 Å². The molecule has 0 heterocycles. The molecule has 1 aromatic carbocycles. The van der Waals surface area contributed by atoms with Crippen molar-refractivity contribution in [3.63, 3.8) is 0 Å². The second kappa shape index (κ2) is 7.60. The molecule has 0 aliphatic carbocycles. The van der Waals surface area contributed by atoms with Crippen LogP contribution in [-0.2, 0) is 14.9 Å². The quantitative estimate of drug-likeness (QED) is 0.783. The molecule has 0 aliphatic rings. The molecule has 20 heavy (non-hydrogen) atoms. The summed E-state index contributed by atoms with van der Waals surface area (Å²) in [5.74, 6) is -0.598. The molecular formula is C15H21ClFNO2. The molecule has 2 N–H and O–H groups in total. The maximum Gasteiger partial charge on any atom is 0.309 e. The molecule has 0 fully saturated rings. The van der Waals surface area contributed by atoms with Gasteiger partial charge in [0.05, 0.1) is 6.42 Å². The van der Waals surface area contributed by atoms with E-state index in [1.807, 2.05) is 26.0 Å². The zero-order valence-electron chi connectivity index (χ0n) is 11.9. The first kappa shape index (κ1) is 16.9. The highest BCUT2D eigenvalue weighted by molar-refractivity contribution is 6.31. The normalized spacial score (nSPS) is 15.4. The Bertz CT molecular complexity index is 455. The van der Waals surface area contributed by atoms with Gasteiger partial charge in [-0.1, -0.05) is 43.6 Å². The van der Waals surface area contributed by atoms with Gasteiger partial charge in [0.15, 0.2) is 0 Å². The fourth-order valence-electron chi connectivity index (χ4n) is 2.02. The molecule has 0 amide bonds. The predicted octanol–water partition coefficient (Wildman–Crippen LogP) is 3.59. The van der Waals surface area contributed by atoms with E-state index in [0.29, 0.717) is 11.4 Å². The van der Waals surface area contributed by atoms with Gasteiger partial charge >= 0.3 is 5.97 Å². The second-order valence-corrected chi connectivity index (χ2v) is 5.52. The van der Waals surface area contributed by atoms with Crippen molar-refractivity contribution < 1.29 is 13.9 Å². The number of esters is 1. The van der Waals surface area contributed by atoms with E-state index in [4.69, 9.17) is 22.1 Å². The van der Waals surface area contributed by atoms with Crippen LogP contribution in [0.2, 0.25) is 5.02 Å². The van der Waals surface area contributed by atoms with Crippen LogP contribution in [0.5, 0.6) is 0 Å². The van der Waals surface area contributed by atoms with Crippen LogP contribution in [0, 0.1) is 0 Å². The van der Waals surface area contributed by atoms with Crippen LogP contribution in [0.25, 0.3) is 0 Å². The zero-order chi connectivity index (χ0) is 15.2. The zero-order valence-corrected chi connectivity index (χ0v) is 12.6. The van der Waals surface area contributed by atoms with Gasteiger partial charge in [0, 0.05) is 23.4 Å². The maximum absolute atomic E-state index is 13.3. The topological polar surface area (TPSA) is 52.3 Å². The summed E-state index contributed by atoms with van der Waals surface area (Å²) in [6.45, 7) is 3.87. The van der Waals surface area contributed by atoms with Crippen molar-refractivity contribution in [2.45, 2.75) is 44.9 Å². The molecular weight excluding hydrogens is 281 g/mol. The molecule has 0 saturated heterocycles. The Balaban J connectivity index is 2.80. The van der Waals surface area contributed by atoms with Gasteiger partial charge < -0.3 is 10.5 Å². The van der Waals surface area contributed by atoms with Crippen LogP contribution in [0.4, 0.5) is 4.39 Å². The van der Waals surface area contributed by atoms with E-state index in [0.717, 1.165) is 5.56 Å². The summed E-state index contributed by atoms with van der Waals surface area (Å²) in [4.78, 5) is 11.8. The monoisotopic (exact) mass is 301 g/mol. The van der Waals surface area contributed by atoms with Gasteiger partial charge in [0.25, 0.3) is 0 Å². The smallest absolute Gasteiger partial charge is 0.309 e. The molecule has 0 bridgehead atoms. The molecule has 0 spiro atoms. The van der Waals surface area contributed by atoms with Crippen molar-refractivity contribution in [2.75, 3.05) is 6.54 Å². The van der Waals surface area contributed by atoms with Gasteiger partial charge in [-0.25, -0.2) is 4.39 Å². The number of nitrogens with two attached hydrogens (primary N) is 1. The van der Waals surface area contributed by atoms with E-state index in [1.54, 1.807) is 12.1 Å². The molecule has 5 heteroatoms. The third-order valence-electron chi connectivity index (χ3n) is 3.28. The standard InChI is InChI=1S/C15H21ClFNO2/c1-3-6-13(17)20-14(19)9-15(2,10-18)11-7-4-5-8-12(11)16/h4-5,7-8,13H,3,6,9-10,18H2,1-2H3. The number of hydrogen-bond acceptors (Lipinski definition) is 3. The molecule has 112 valence electrons. The highest BCUT2D eigenvalue weighted by atomic mass is 35.5. The third-order valence-corrected chi connectivity index (χ3v) is 3.61. The van der Waals surface area contributed by atoms with E-state index < -0.39 is 17.7 Å². The Hall–Kier alpha value is -1.13. The fourth-order valence-corrected chi connectivity index (χ4v) is 2.38. The van der Waals surface area contributed by atoms with Gasteiger partial charge in [-0.3, -0.25) is 4.79 Å². The summed E-state index contributed by atoms with van der Waals surface area (Å²) < 4.78 is 18.1. The maximum atomic E-state index is 13.3. The number of hydrogen-bond donors (Lipinski definition) is 1. The Morgan fingerprint density at radius 3 is 2.70 bits per heavy atom. The van der Waals surface area contributed by atoms with Crippen molar-refractivity contribution in [1.29, 1.82) is 0 Å². The molecule has 0 radical (unpaired) electrons. The lowest BCUT2D eigenvalue weighted by Crippen LogP contribution is -2.35. The van der Waals surface area contributed by atoms with E-state index >= 15 is 0 Å². The number of carbonyl (C=O) groups excluding carboxylic acids is 1. The first-order valence-corrected chi connectivity index (χ1v) is 7.09. The lowest BCUT2D eigenvalue weighted by atomic mass is 9.79. The van der Waals surface area contributed by atoms with E-state index in [-0.39, 0.29) is 19.4 Å². The minimum Gasteiger partial charge on any atom is -0.431 e. The number of ether oxygens (including phenoxy) is 1. The molecule has 1 rings (SSSR count). The molecule has 1 aromatic rings. The van der Waals surface area contributed by atoms with Crippen molar-refractivity contribution >= 4 is 17.6 Å². The molecule has 0 aromatic heterocycles. The van der Waals surface area contributed by atoms with Crippen LogP contribution in [0.15, 0.2) is 24.3 Å². The Kier molecular flexibility index (Phi) is 6.43. The van der Waals surface area contributed by atoms with Gasteiger partial charge in [0.2, 0.25) is 6.36 Å². The summed E-state index contributed by atoms with van der Waals surface area (Å²) in [6, 6.07) is 7.20. The predicted molar refractivity (Wildman–Crippen MR) is 78.4 cm³/mol. The van der Waals surface area contributed by atoms with E-state index in [9.17, 15) is 9.18 Å². The molecule has 2 atom stereocenters. The average Bonchev–Trinajstić information content (AvgIpc) is 2.38. The summed E-state index contributed by atoms with van der Waals surface area (Å²) in [6.07, 6.45) is -0.734. The van der Waals surface area contributed by atoms with Gasteiger partial charge in [0.1, 0.15) is 0 Å². The van der Waals surface area contributed by atoms with Gasteiger partial charge in [-0.2, -0.15) is 0 Å². The Labute approximate surface area is 124 Å². The number of benzene rings is 1. The van der Waals surface area contributed by atoms with Crippen LogP contribution in [-0.4, -0.2) is 18.9 Å². The molecule has 0 saturated carbocycles. The number of carbonyl (C=O) groups is 1. The number of rotatable bonds is 7. The highest BCUT2D eigenvalue weighted by Crippen LogP contribution is 2.32. The van der Waals surface area contributed by atoms with Crippen LogP contribution in [0.1, 0.15) is 38.7 Å². The minimum absolute atomic E-state index is 0.00261. The summed E-state index contributed by atoms with van der Waals surface area (Å²) in [5, 5.41) is 0.540. The second-order valence-electron chi connectivity index (χ2n) is 5.11. The van der Waals surface area contributed by atoms with Crippen molar-refractivity contribution in [3.8, 4) is 0 Å². The highest BCUT2D eigenvalue weighted by Gasteiger charge is 2.31. The van der Waals surface area contributed by atoms with E-state index in [2.05, 4.69) is 0 Å². The van der Waals surface area contributed by atoms with Crippen molar-refractivity contribution in [3.05, 3.63) is 34.9 Å². The summed E-state index contributed by atoms with van der Waals surface area (Å²) in [5.41, 5.74) is 5.89. The number of halogens is 2. The molecule has 0 aliphatic heterocycles.